The number of carbonyl (C=O) groups is 2. The third kappa shape index (κ3) is 4.07. The third-order valence-electron chi connectivity index (χ3n) is 5.74. The Balaban J connectivity index is 1.28. The van der Waals surface area contributed by atoms with Gasteiger partial charge in [-0.15, -0.1) is 0 Å². The van der Waals surface area contributed by atoms with Crippen molar-refractivity contribution >= 4 is 11.8 Å². The summed E-state index contributed by atoms with van der Waals surface area (Å²) in [6, 6.07) is 10.3. The fourth-order valence-corrected chi connectivity index (χ4v) is 4.01. The topological polar surface area (TPSA) is 64.7 Å². The van der Waals surface area contributed by atoms with Crippen molar-refractivity contribution in [3.8, 4) is 0 Å². The maximum atomic E-state index is 12.6. The Hall–Kier alpha value is -1.92. The van der Waals surface area contributed by atoms with Gasteiger partial charge in [-0.05, 0) is 37.8 Å². The highest BCUT2D eigenvalue weighted by atomic mass is 16.2. The zero-order valence-electron chi connectivity index (χ0n) is 15.2. The van der Waals surface area contributed by atoms with Gasteiger partial charge in [-0.1, -0.05) is 18.2 Å². The number of nitrogens with one attached hydrogen (secondary N) is 2. The molecule has 2 heterocycles. The van der Waals surface area contributed by atoms with E-state index in [1.165, 1.54) is 0 Å². The number of likely N-dealkylation sites (tertiary alicyclic amines) is 1. The van der Waals surface area contributed by atoms with Crippen LogP contribution in [0.1, 0.15) is 36.0 Å². The molecule has 2 amide bonds. The van der Waals surface area contributed by atoms with E-state index in [2.05, 4.69) is 15.5 Å². The average molecular weight is 356 g/mol. The molecule has 3 aliphatic rings. The van der Waals surface area contributed by atoms with E-state index in [0.29, 0.717) is 12.1 Å². The fraction of sp³-hybridized carbons (Fsp3) is 0.600. The van der Waals surface area contributed by atoms with Gasteiger partial charge in [-0.25, -0.2) is 0 Å². The van der Waals surface area contributed by atoms with Crippen molar-refractivity contribution in [1.82, 2.24) is 20.4 Å². The summed E-state index contributed by atoms with van der Waals surface area (Å²) in [6.45, 7) is 4.19. The molecule has 1 aliphatic carbocycles. The number of hydrogen-bond donors (Lipinski definition) is 2. The Morgan fingerprint density at radius 1 is 1.00 bits per heavy atom. The van der Waals surface area contributed by atoms with Crippen LogP contribution >= 0.6 is 0 Å². The molecule has 2 aliphatic heterocycles. The quantitative estimate of drug-likeness (QED) is 0.839. The molecule has 1 saturated carbocycles. The minimum absolute atomic E-state index is 0.103. The summed E-state index contributed by atoms with van der Waals surface area (Å²) >= 11 is 0. The highest BCUT2D eigenvalue weighted by Gasteiger charge is 2.34. The van der Waals surface area contributed by atoms with Crippen molar-refractivity contribution in [1.29, 1.82) is 0 Å². The molecule has 140 valence electrons. The van der Waals surface area contributed by atoms with Crippen LogP contribution in [0.5, 0.6) is 0 Å². The third-order valence-corrected chi connectivity index (χ3v) is 5.74. The Bertz CT molecular complexity index is 638. The summed E-state index contributed by atoms with van der Waals surface area (Å²) in [5.74, 6) is 0.278. The van der Waals surface area contributed by atoms with Crippen molar-refractivity contribution in [2.24, 2.45) is 0 Å². The van der Waals surface area contributed by atoms with E-state index in [0.717, 1.165) is 64.0 Å². The number of piperidine rings is 1. The number of rotatable bonds is 4. The second-order valence-electron chi connectivity index (χ2n) is 7.67. The van der Waals surface area contributed by atoms with Crippen molar-refractivity contribution < 1.29 is 9.59 Å². The van der Waals surface area contributed by atoms with Crippen LogP contribution in [-0.2, 0) is 4.79 Å². The standard InChI is InChI=1S/C20H28N4O2/c25-19(22-16-6-7-16)18-14-24(13-10-21-18)17-8-11-23(12-9-17)20(26)15-4-2-1-3-5-15/h1-5,16-18,21H,6-14H2,(H,22,25)/t18-/m0/s1. The van der Waals surface area contributed by atoms with Crippen molar-refractivity contribution in [2.75, 3.05) is 32.7 Å². The molecule has 0 aromatic heterocycles. The first-order valence-electron chi connectivity index (χ1n) is 9.83. The summed E-state index contributed by atoms with van der Waals surface area (Å²) in [6.07, 6.45) is 4.21. The highest BCUT2D eigenvalue weighted by molar-refractivity contribution is 5.94. The van der Waals surface area contributed by atoms with E-state index in [1.807, 2.05) is 35.2 Å². The SMILES string of the molecule is O=C(NC1CC1)[C@@H]1CN(C2CCN(C(=O)c3ccccc3)CC2)CCN1. The summed E-state index contributed by atoms with van der Waals surface area (Å²) in [5, 5.41) is 6.46. The Morgan fingerprint density at radius 2 is 1.73 bits per heavy atom. The molecule has 0 spiro atoms. The van der Waals surface area contributed by atoms with Crippen LogP contribution in [0, 0.1) is 0 Å². The van der Waals surface area contributed by atoms with Gasteiger partial charge in [0.15, 0.2) is 0 Å². The lowest BCUT2D eigenvalue weighted by molar-refractivity contribution is -0.124. The van der Waals surface area contributed by atoms with E-state index in [-0.39, 0.29) is 17.9 Å². The maximum absolute atomic E-state index is 12.6. The Morgan fingerprint density at radius 3 is 2.42 bits per heavy atom. The largest absolute Gasteiger partial charge is 0.352 e. The van der Waals surface area contributed by atoms with Gasteiger partial charge in [0.05, 0.1) is 6.04 Å². The lowest BCUT2D eigenvalue weighted by atomic mass is 10.00. The number of amides is 2. The molecular formula is C20H28N4O2. The van der Waals surface area contributed by atoms with E-state index in [4.69, 9.17) is 0 Å². The minimum atomic E-state index is -0.103. The number of nitrogens with zero attached hydrogens (tertiary/aromatic N) is 2. The monoisotopic (exact) mass is 356 g/mol. The zero-order valence-corrected chi connectivity index (χ0v) is 15.2. The maximum Gasteiger partial charge on any atom is 0.253 e. The average Bonchev–Trinajstić information content (AvgIpc) is 3.52. The first kappa shape index (κ1) is 17.5. The van der Waals surface area contributed by atoms with Gasteiger partial charge in [0, 0.05) is 50.4 Å². The smallest absolute Gasteiger partial charge is 0.253 e. The minimum Gasteiger partial charge on any atom is -0.352 e. The molecule has 6 nitrogen and oxygen atoms in total. The number of benzene rings is 1. The lowest BCUT2D eigenvalue weighted by Gasteiger charge is -2.42. The van der Waals surface area contributed by atoms with Gasteiger partial charge >= 0.3 is 0 Å². The van der Waals surface area contributed by atoms with Crippen LogP contribution in [0.2, 0.25) is 0 Å². The number of piperazine rings is 1. The normalized spacial score (nSPS) is 25.1. The van der Waals surface area contributed by atoms with E-state index in [1.54, 1.807) is 0 Å². The summed E-state index contributed by atoms with van der Waals surface area (Å²) in [7, 11) is 0. The van der Waals surface area contributed by atoms with Crippen molar-refractivity contribution in [3.63, 3.8) is 0 Å². The molecular weight excluding hydrogens is 328 g/mol. The van der Waals surface area contributed by atoms with Gasteiger partial charge in [0.2, 0.25) is 5.91 Å². The first-order chi connectivity index (χ1) is 12.7. The predicted molar refractivity (Wildman–Crippen MR) is 99.9 cm³/mol. The molecule has 3 fully saturated rings. The number of carbonyl (C=O) groups excluding carboxylic acids is 2. The van der Waals surface area contributed by atoms with E-state index in [9.17, 15) is 9.59 Å². The fourth-order valence-electron chi connectivity index (χ4n) is 4.01. The zero-order chi connectivity index (χ0) is 17.9. The molecule has 6 heteroatoms. The van der Waals surface area contributed by atoms with Gasteiger partial charge in [-0.2, -0.15) is 0 Å². The van der Waals surface area contributed by atoms with Crippen LogP contribution < -0.4 is 10.6 Å². The molecule has 1 aromatic carbocycles. The van der Waals surface area contributed by atoms with Crippen LogP contribution in [0.15, 0.2) is 30.3 Å². The molecule has 0 unspecified atom stereocenters. The van der Waals surface area contributed by atoms with Crippen LogP contribution in [0.3, 0.4) is 0 Å². The first-order valence-corrected chi connectivity index (χ1v) is 9.83. The predicted octanol–water partition coefficient (Wildman–Crippen LogP) is 0.844. The summed E-state index contributed by atoms with van der Waals surface area (Å²) in [5.41, 5.74) is 0.768. The Labute approximate surface area is 154 Å². The van der Waals surface area contributed by atoms with Gasteiger partial charge < -0.3 is 15.5 Å². The molecule has 4 rings (SSSR count). The van der Waals surface area contributed by atoms with Gasteiger partial charge in [0.1, 0.15) is 0 Å². The van der Waals surface area contributed by atoms with E-state index >= 15 is 0 Å². The molecule has 26 heavy (non-hydrogen) atoms. The molecule has 0 radical (unpaired) electrons. The van der Waals surface area contributed by atoms with E-state index < -0.39 is 0 Å². The Kier molecular flexibility index (Phi) is 5.22. The van der Waals surface area contributed by atoms with Gasteiger partial charge in [-0.3, -0.25) is 14.5 Å². The molecule has 1 aromatic rings. The lowest BCUT2D eigenvalue weighted by Crippen LogP contribution is -2.60. The second-order valence-corrected chi connectivity index (χ2v) is 7.67. The molecule has 2 N–H and O–H groups in total. The molecule has 0 bridgehead atoms. The second kappa shape index (κ2) is 7.76. The highest BCUT2D eigenvalue weighted by Crippen LogP contribution is 2.21. The summed E-state index contributed by atoms with van der Waals surface area (Å²) < 4.78 is 0. The van der Waals surface area contributed by atoms with Crippen molar-refractivity contribution in [2.45, 2.75) is 43.8 Å². The summed E-state index contributed by atoms with van der Waals surface area (Å²) in [4.78, 5) is 29.3. The van der Waals surface area contributed by atoms with Crippen LogP contribution in [-0.4, -0.2) is 72.5 Å². The molecule has 1 atom stereocenters. The van der Waals surface area contributed by atoms with Crippen LogP contribution in [0.4, 0.5) is 0 Å². The number of hydrogen-bond acceptors (Lipinski definition) is 4. The van der Waals surface area contributed by atoms with Crippen molar-refractivity contribution in [3.05, 3.63) is 35.9 Å². The molecule has 2 saturated heterocycles. The van der Waals surface area contributed by atoms with Crippen LogP contribution in [0.25, 0.3) is 0 Å². The van der Waals surface area contributed by atoms with Gasteiger partial charge in [0.25, 0.3) is 5.91 Å².